The molecule has 0 heterocycles. The third-order valence-electron chi connectivity index (χ3n) is 2.18. The minimum absolute atomic E-state index is 0.121. The second kappa shape index (κ2) is 5.53. The van der Waals surface area contributed by atoms with Gasteiger partial charge in [-0.2, -0.15) is 11.8 Å². The number of carbonyl (C=O) groups is 1. The van der Waals surface area contributed by atoms with Gasteiger partial charge in [0, 0.05) is 0 Å². The largest absolute Gasteiger partial charge is 0.481 e. The molecule has 0 amide bonds. The zero-order valence-corrected chi connectivity index (χ0v) is 9.78. The molecule has 0 aliphatic heterocycles. The van der Waals surface area contributed by atoms with E-state index in [9.17, 15) is 4.79 Å². The lowest BCUT2D eigenvalue weighted by atomic mass is 9.78. The van der Waals surface area contributed by atoms with Crippen LogP contribution in [0.15, 0.2) is 0 Å². The predicted octanol–water partition coefficient (Wildman–Crippen LogP) is 2.88. The Morgan fingerprint density at radius 3 is 2.31 bits per heavy atom. The minimum Gasteiger partial charge on any atom is -0.481 e. The molecule has 2 nitrogen and oxygen atoms in total. The first-order chi connectivity index (χ1) is 5.89. The molecular weight excluding hydrogens is 184 g/mol. The smallest absolute Gasteiger partial charge is 0.307 e. The Hall–Kier alpha value is -0.180. The summed E-state index contributed by atoms with van der Waals surface area (Å²) < 4.78 is 0. The fraction of sp³-hybridized carbons (Fsp3) is 0.900. The number of hydrogen-bond acceptors (Lipinski definition) is 2. The van der Waals surface area contributed by atoms with Gasteiger partial charge in [0.15, 0.2) is 0 Å². The van der Waals surface area contributed by atoms with Gasteiger partial charge < -0.3 is 5.11 Å². The van der Waals surface area contributed by atoms with Gasteiger partial charge in [0.05, 0.1) is 5.92 Å². The summed E-state index contributed by atoms with van der Waals surface area (Å²) in [7, 11) is 0. The Morgan fingerprint density at radius 1 is 1.46 bits per heavy atom. The molecule has 0 radical (unpaired) electrons. The first-order valence-electron chi connectivity index (χ1n) is 4.61. The van der Waals surface area contributed by atoms with Crippen LogP contribution in [0, 0.1) is 11.3 Å². The van der Waals surface area contributed by atoms with Crippen LogP contribution in [0.3, 0.4) is 0 Å². The molecule has 1 atom stereocenters. The monoisotopic (exact) mass is 204 g/mol. The number of thioether (sulfide) groups is 1. The van der Waals surface area contributed by atoms with Crippen LogP contribution in [-0.2, 0) is 4.79 Å². The fourth-order valence-corrected chi connectivity index (χ4v) is 1.81. The van der Waals surface area contributed by atoms with Gasteiger partial charge in [-0.1, -0.05) is 20.8 Å². The Labute approximate surface area is 85.1 Å². The molecule has 78 valence electrons. The molecule has 0 bridgehead atoms. The summed E-state index contributed by atoms with van der Waals surface area (Å²) in [6, 6.07) is 0. The predicted molar refractivity (Wildman–Crippen MR) is 58.2 cm³/mol. The number of rotatable bonds is 5. The molecule has 0 fully saturated rings. The molecule has 1 unspecified atom stereocenters. The van der Waals surface area contributed by atoms with Crippen molar-refractivity contribution >= 4 is 17.7 Å². The summed E-state index contributed by atoms with van der Waals surface area (Å²) in [5.41, 5.74) is -0.121. The molecule has 0 aromatic rings. The van der Waals surface area contributed by atoms with Crippen LogP contribution in [0.2, 0.25) is 0 Å². The van der Waals surface area contributed by atoms with Crippen molar-refractivity contribution in [1.82, 2.24) is 0 Å². The number of aliphatic carboxylic acids is 1. The zero-order chi connectivity index (χ0) is 10.5. The molecule has 1 N–H and O–H groups in total. The standard InChI is InChI=1S/C10H20O2S/c1-10(2,3)8(9(11)12)6-5-7-13-4/h8H,5-7H2,1-4H3,(H,11,12). The van der Waals surface area contributed by atoms with Gasteiger partial charge >= 0.3 is 5.97 Å². The van der Waals surface area contributed by atoms with E-state index >= 15 is 0 Å². The van der Waals surface area contributed by atoms with Crippen LogP contribution < -0.4 is 0 Å². The van der Waals surface area contributed by atoms with E-state index in [1.54, 1.807) is 11.8 Å². The topological polar surface area (TPSA) is 37.3 Å². The number of carboxylic acid groups (broad SMARTS) is 1. The maximum atomic E-state index is 10.9. The molecular formula is C10H20O2S. The lowest BCUT2D eigenvalue weighted by Crippen LogP contribution is -2.28. The van der Waals surface area contributed by atoms with E-state index < -0.39 is 5.97 Å². The Bertz CT molecular complexity index is 161. The highest BCUT2D eigenvalue weighted by atomic mass is 32.2. The third-order valence-corrected chi connectivity index (χ3v) is 2.88. The van der Waals surface area contributed by atoms with Gasteiger partial charge in [0.2, 0.25) is 0 Å². The van der Waals surface area contributed by atoms with Gasteiger partial charge in [0.25, 0.3) is 0 Å². The van der Waals surface area contributed by atoms with E-state index in [2.05, 4.69) is 0 Å². The summed E-state index contributed by atoms with van der Waals surface area (Å²) in [5, 5.41) is 9.00. The highest BCUT2D eigenvalue weighted by Gasteiger charge is 2.30. The van der Waals surface area contributed by atoms with Crippen LogP contribution in [0.25, 0.3) is 0 Å². The van der Waals surface area contributed by atoms with Crippen molar-refractivity contribution in [2.45, 2.75) is 33.6 Å². The molecule has 0 spiro atoms. The van der Waals surface area contributed by atoms with Crippen molar-refractivity contribution in [1.29, 1.82) is 0 Å². The number of hydrogen-bond donors (Lipinski definition) is 1. The molecule has 0 rings (SSSR count). The van der Waals surface area contributed by atoms with Crippen LogP contribution >= 0.6 is 11.8 Å². The minimum atomic E-state index is -0.659. The summed E-state index contributed by atoms with van der Waals surface area (Å²) in [6.07, 6.45) is 3.84. The SMILES string of the molecule is CSCCCC(C(=O)O)C(C)(C)C. The van der Waals surface area contributed by atoms with Crippen molar-refractivity contribution in [2.75, 3.05) is 12.0 Å². The van der Waals surface area contributed by atoms with Crippen LogP contribution in [0.1, 0.15) is 33.6 Å². The maximum absolute atomic E-state index is 10.9. The van der Waals surface area contributed by atoms with E-state index in [0.717, 1.165) is 18.6 Å². The molecule has 0 aliphatic rings. The van der Waals surface area contributed by atoms with E-state index in [-0.39, 0.29) is 11.3 Å². The lowest BCUT2D eigenvalue weighted by Gasteiger charge is -2.26. The Kier molecular flexibility index (Phi) is 5.45. The van der Waals surface area contributed by atoms with Crippen molar-refractivity contribution in [3.63, 3.8) is 0 Å². The van der Waals surface area contributed by atoms with Gasteiger partial charge in [-0.05, 0) is 30.3 Å². The lowest BCUT2D eigenvalue weighted by molar-refractivity contribution is -0.145. The van der Waals surface area contributed by atoms with Crippen molar-refractivity contribution in [3.8, 4) is 0 Å². The summed E-state index contributed by atoms with van der Waals surface area (Å²) >= 11 is 1.77. The van der Waals surface area contributed by atoms with Gasteiger partial charge in [-0.25, -0.2) is 0 Å². The van der Waals surface area contributed by atoms with E-state index in [1.807, 2.05) is 27.0 Å². The second-order valence-corrected chi connectivity index (χ2v) is 5.38. The molecule has 13 heavy (non-hydrogen) atoms. The van der Waals surface area contributed by atoms with Gasteiger partial charge in [-0.15, -0.1) is 0 Å². The molecule has 0 saturated carbocycles. The molecule has 0 aromatic carbocycles. The van der Waals surface area contributed by atoms with E-state index in [1.165, 1.54) is 0 Å². The van der Waals surface area contributed by atoms with Crippen molar-refractivity contribution in [3.05, 3.63) is 0 Å². The van der Waals surface area contributed by atoms with Crippen molar-refractivity contribution < 1.29 is 9.90 Å². The average Bonchev–Trinajstić information content (AvgIpc) is 1.94. The molecule has 0 aliphatic carbocycles. The summed E-state index contributed by atoms with van der Waals surface area (Å²) in [6.45, 7) is 5.97. The summed E-state index contributed by atoms with van der Waals surface area (Å²) in [4.78, 5) is 10.9. The maximum Gasteiger partial charge on any atom is 0.307 e. The third kappa shape index (κ3) is 5.19. The Balaban J connectivity index is 4.04. The normalized spacial score (nSPS) is 14.2. The van der Waals surface area contributed by atoms with Crippen LogP contribution in [-0.4, -0.2) is 23.1 Å². The quantitative estimate of drug-likeness (QED) is 0.700. The molecule has 0 saturated heterocycles. The fourth-order valence-electron chi connectivity index (χ4n) is 1.36. The second-order valence-electron chi connectivity index (χ2n) is 4.39. The highest BCUT2D eigenvalue weighted by Crippen LogP contribution is 2.30. The Morgan fingerprint density at radius 2 is 2.00 bits per heavy atom. The zero-order valence-electron chi connectivity index (χ0n) is 8.96. The molecule has 0 aromatic heterocycles. The van der Waals surface area contributed by atoms with Gasteiger partial charge in [-0.3, -0.25) is 4.79 Å². The highest BCUT2D eigenvalue weighted by molar-refractivity contribution is 7.98. The van der Waals surface area contributed by atoms with E-state index in [0.29, 0.717) is 0 Å². The van der Waals surface area contributed by atoms with Crippen molar-refractivity contribution in [2.24, 2.45) is 11.3 Å². The summed E-state index contributed by atoms with van der Waals surface area (Å²) in [5.74, 6) is 0.188. The first kappa shape index (κ1) is 12.8. The van der Waals surface area contributed by atoms with Crippen LogP contribution in [0.4, 0.5) is 0 Å². The van der Waals surface area contributed by atoms with E-state index in [4.69, 9.17) is 5.11 Å². The van der Waals surface area contributed by atoms with Crippen LogP contribution in [0.5, 0.6) is 0 Å². The van der Waals surface area contributed by atoms with Gasteiger partial charge in [0.1, 0.15) is 0 Å². The molecule has 3 heteroatoms. The first-order valence-corrected chi connectivity index (χ1v) is 6.00. The number of carboxylic acids is 1. The average molecular weight is 204 g/mol.